The molecule has 1 unspecified atom stereocenters. The third kappa shape index (κ3) is 3.44. The first-order valence-corrected chi connectivity index (χ1v) is 6.48. The maximum Gasteiger partial charge on any atom is 0.139 e. The number of rotatable bonds is 4. The first-order chi connectivity index (χ1) is 8.16. The van der Waals surface area contributed by atoms with Gasteiger partial charge < -0.3 is 4.74 Å². The highest BCUT2D eigenvalue weighted by atomic mass is 35.5. The van der Waals surface area contributed by atoms with Crippen molar-refractivity contribution in [1.82, 2.24) is 0 Å². The number of benzene rings is 1. The van der Waals surface area contributed by atoms with Gasteiger partial charge in [0.25, 0.3) is 0 Å². The lowest BCUT2D eigenvalue weighted by Crippen LogP contribution is -2.14. The summed E-state index contributed by atoms with van der Waals surface area (Å²) in [4.78, 5) is 11.9. The zero-order valence-corrected chi connectivity index (χ0v) is 10.9. The maximum atomic E-state index is 11.9. The average molecular weight is 273 g/mol. The topological polar surface area (TPSA) is 26.3 Å². The highest BCUT2D eigenvalue weighted by Gasteiger charge is 2.19. The molecule has 0 amide bonds. The molecule has 0 saturated carbocycles. The molecule has 0 bridgehead atoms. The average Bonchev–Trinajstić information content (AvgIpc) is 2.77. The first-order valence-electron chi connectivity index (χ1n) is 5.73. The van der Waals surface area contributed by atoms with Crippen molar-refractivity contribution in [2.45, 2.75) is 31.8 Å². The number of Topliss-reactive ketones (excluding diaryl/α,β-unsaturated/α-hetero) is 1. The maximum absolute atomic E-state index is 11.9. The molecule has 2 rings (SSSR count). The van der Waals surface area contributed by atoms with E-state index in [4.69, 9.17) is 27.9 Å². The van der Waals surface area contributed by atoms with Crippen LogP contribution in [0.2, 0.25) is 10.0 Å². The molecular weight excluding hydrogens is 259 g/mol. The predicted molar refractivity (Wildman–Crippen MR) is 68.8 cm³/mol. The summed E-state index contributed by atoms with van der Waals surface area (Å²) in [6, 6.07) is 5.36. The molecule has 1 aliphatic heterocycles. The van der Waals surface area contributed by atoms with E-state index in [9.17, 15) is 4.79 Å². The van der Waals surface area contributed by atoms with E-state index in [1.54, 1.807) is 6.07 Å². The van der Waals surface area contributed by atoms with E-state index in [-0.39, 0.29) is 11.9 Å². The lowest BCUT2D eigenvalue weighted by molar-refractivity contribution is -0.120. The minimum Gasteiger partial charge on any atom is -0.378 e. The van der Waals surface area contributed by atoms with Crippen molar-refractivity contribution in [3.63, 3.8) is 0 Å². The van der Waals surface area contributed by atoms with Crippen LogP contribution in [0, 0.1) is 0 Å². The second-order valence-electron chi connectivity index (χ2n) is 4.27. The van der Waals surface area contributed by atoms with E-state index >= 15 is 0 Å². The van der Waals surface area contributed by atoms with Gasteiger partial charge in [0.05, 0.1) is 16.1 Å². The van der Waals surface area contributed by atoms with Crippen LogP contribution >= 0.6 is 23.2 Å². The van der Waals surface area contributed by atoms with Gasteiger partial charge in [-0.3, -0.25) is 4.79 Å². The van der Waals surface area contributed by atoms with Crippen LogP contribution in [0.3, 0.4) is 0 Å². The Hall–Kier alpha value is -0.570. The number of hydrogen-bond acceptors (Lipinski definition) is 2. The molecule has 1 aromatic carbocycles. The van der Waals surface area contributed by atoms with Crippen LogP contribution in [0.25, 0.3) is 0 Å². The molecule has 4 heteroatoms. The van der Waals surface area contributed by atoms with E-state index in [2.05, 4.69) is 0 Å². The van der Waals surface area contributed by atoms with Gasteiger partial charge in [-0.25, -0.2) is 0 Å². The minimum absolute atomic E-state index is 0.0976. The highest BCUT2D eigenvalue weighted by Crippen LogP contribution is 2.26. The second kappa shape index (κ2) is 5.85. The molecule has 92 valence electrons. The summed E-state index contributed by atoms with van der Waals surface area (Å²) < 4.78 is 5.44. The van der Waals surface area contributed by atoms with Gasteiger partial charge in [0.1, 0.15) is 5.78 Å². The van der Waals surface area contributed by atoms with Gasteiger partial charge in [0.15, 0.2) is 0 Å². The fraction of sp³-hybridized carbons (Fsp3) is 0.462. The Morgan fingerprint density at radius 1 is 1.41 bits per heavy atom. The summed E-state index contributed by atoms with van der Waals surface area (Å²) in [6.45, 7) is 0.774. The molecular formula is C13H14Cl2O2. The van der Waals surface area contributed by atoms with Gasteiger partial charge >= 0.3 is 0 Å². The molecule has 1 saturated heterocycles. The molecule has 1 fully saturated rings. The van der Waals surface area contributed by atoms with Crippen molar-refractivity contribution in [3.8, 4) is 0 Å². The van der Waals surface area contributed by atoms with Crippen LogP contribution in [0.1, 0.15) is 24.8 Å². The minimum atomic E-state index is 0.0976. The molecule has 17 heavy (non-hydrogen) atoms. The number of carbonyl (C=O) groups excluding carboxylic acids is 1. The van der Waals surface area contributed by atoms with Crippen molar-refractivity contribution in [1.29, 1.82) is 0 Å². The number of hydrogen-bond donors (Lipinski definition) is 0. The Morgan fingerprint density at radius 3 is 2.94 bits per heavy atom. The summed E-state index contributed by atoms with van der Waals surface area (Å²) in [5.41, 5.74) is 0.794. The van der Waals surface area contributed by atoms with Gasteiger partial charge in [-0.1, -0.05) is 35.3 Å². The number of halogens is 2. The Balaban J connectivity index is 1.95. The molecule has 0 spiro atoms. The van der Waals surface area contributed by atoms with Crippen LogP contribution in [0.4, 0.5) is 0 Å². The van der Waals surface area contributed by atoms with E-state index in [1.165, 1.54) is 0 Å². The van der Waals surface area contributed by atoms with Crippen LogP contribution in [-0.2, 0) is 16.0 Å². The van der Waals surface area contributed by atoms with E-state index < -0.39 is 0 Å². The molecule has 1 atom stereocenters. The summed E-state index contributed by atoms with van der Waals surface area (Å²) in [5.74, 6) is 0.154. The van der Waals surface area contributed by atoms with Crippen LogP contribution in [-0.4, -0.2) is 18.5 Å². The van der Waals surface area contributed by atoms with Gasteiger partial charge in [-0.2, -0.15) is 0 Å². The summed E-state index contributed by atoms with van der Waals surface area (Å²) >= 11 is 11.9. The predicted octanol–water partition coefficient (Wildman–Crippen LogP) is 3.67. The molecule has 2 nitrogen and oxygen atoms in total. The van der Waals surface area contributed by atoms with Crippen LogP contribution in [0.5, 0.6) is 0 Å². The largest absolute Gasteiger partial charge is 0.378 e. The van der Waals surface area contributed by atoms with Gasteiger partial charge in [-0.15, -0.1) is 0 Å². The SMILES string of the molecule is O=C(Cc1cccc(Cl)c1Cl)CC1CCCO1. The fourth-order valence-corrected chi connectivity index (χ4v) is 2.42. The van der Waals surface area contributed by atoms with E-state index in [0.717, 1.165) is 25.0 Å². The Labute approximate surface area is 111 Å². The van der Waals surface area contributed by atoms with Gasteiger partial charge in [0.2, 0.25) is 0 Å². The third-order valence-corrected chi connectivity index (χ3v) is 3.76. The fourth-order valence-electron chi connectivity index (χ4n) is 2.03. The zero-order valence-electron chi connectivity index (χ0n) is 9.42. The van der Waals surface area contributed by atoms with Crippen LogP contribution in [0.15, 0.2) is 18.2 Å². The smallest absolute Gasteiger partial charge is 0.139 e. The Kier molecular flexibility index (Phi) is 4.43. The molecule has 0 aliphatic carbocycles. The molecule has 1 aromatic rings. The monoisotopic (exact) mass is 272 g/mol. The first kappa shape index (κ1) is 12.9. The normalized spacial score (nSPS) is 19.5. The van der Waals surface area contributed by atoms with Crippen molar-refractivity contribution < 1.29 is 9.53 Å². The van der Waals surface area contributed by atoms with Crippen molar-refractivity contribution in [3.05, 3.63) is 33.8 Å². The number of ketones is 1. The third-order valence-electron chi connectivity index (χ3n) is 2.90. The molecule has 0 N–H and O–H groups in total. The summed E-state index contributed by atoms with van der Waals surface area (Å²) in [5, 5.41) is 0.976. The summed E-state index contributed by atoms with van der Waals surface area (Å²) in [7, 11) is 0. The lowest BCUT2D eigenvalue weighted by atomic mass is 10.0. The number of ether oxygens (including phenoxy) is 1. The molecule has 1 aliphatic rings. The van der Waals surface area contributed by atoms with Crippen LogP contribution < -0.4 is 0 Å². The molecule has 0 radical (unpaired) electrons. The summed E-state index contributed by atoms with van der Waals surface area (Å²) in [6.07, 6.45) is 2.94. The molecule has 0 aromatic heterocycles. The van der Waals surface area contributed by atoms with E-state index in [1.807, 2.05) is 12.1 Å². The molecule has 1 heterocycles. The standard InChI is InChI=1S/C13H14Cl2O2/c14-12-5-1-3-9(13(12)15)7-10(16)8-11-4-2-6-17-11/h1,3,5,11H,2,4,6-8H2. The van der Waals surface area contributed by atoms with Crippen molar-refractivity contribution in [2.24, 2.45) is 0 Å². The number of carbonyl (C=O) groups is 1. The van der Waals surface area contributed by atoms with E-state index in [0.29, 0.717) is 22.9 Å². The van der Waals surface area contributed by atoms with Gasteiger partial charge in [0, 0.05) is 19.4 Å². The van der Waals surface area contributed by atoms with Gasteiger partial charge in [-0.05, 0) is 24.5 Å². The lowest BCUT2D eigenvalue weighted by Gasteiger charge is -2.09. The second-order valence-corrected chi connectivity index (χ2v) is 5.05. The zero-order chi connectivity index (χ0) is 12.3. The Bertz CT molecular complexity index is 412. The highest BCUT2D eigenvalue weighted by molar-refractivity contribution is 6.42. The van der Waals surface area contributed by atoms with Crippen molar-refractivity contribution >= 4 is 29.0 Å². The quantitative estimate of drug-likeness (QED) is 0.836. The van der Waals surface area contributed by atoms with Crippen molar-refractivity contribution in [2.75, 3.05) is 6.61 Å². The Morgan fingerprint density at radius 2 is 2.24 bits per heavy atom.